The zero-order chi connectivity index (χ0) is 13.2. The summed E-state index contributed by atoms with van der Waals surface area (Å²) >= 11 is 0. The lowest BCUT2D eigenvalue weighted by atomic mass is 9.83. The molecule has 0 unspecified atom stereocenters. The van der Waals surface area contributed by atoms with Crippen LogP contribution in [0.5, 0.6) is 0 Å². The molecule has 0 spiro atoms. The minimum atomic E-state index is -0.589. The highest BCUT2D eigenvalue weighted by atomic mass is 16.3. The second kappa shape index (κ2) is 4.94. The first-order valence-corrected chi connectivity index (χ1v) is 6.22. The Balaban J connectivity index is 1.95. The molecule has 1 amide bonds. The fourth-order valence-corrected chi connectivity index (χ4v) is 2.26. The zero-order valence-electron chi connectivity index (χ0n) is 10.5. The van der Waals surface area contributed by atoms with Crippen LogP contribution in [-0.4, -0.2) is 27.6 Å². The first kappa shape index (κ1) is 12.8. The third kappa shape index (κ3) is 2.98. The third-order valence-electron chi connectivity index (χ3n) is 3.48. The molecule has 0 bridgehead atoms. The van der Waals surface area contributed by atoms with Crippen molar-refractivity contribution in [3.8, 4) is 0 Å². The van der Waals surface area contributed by atoms with E-state index in [0.29, 0.717) is 18.4 Å². The third-order valence-corrected chi connectivity index (χ3v) is 3.48. The van der Waals surface area contributed by atoms with Crippen LogP contribution < -0.4 is 11.1 Å². The van der Waals surface area contributed by atoms with E-state index in [1.165, 1.54) is 0 Å². The lowest BCUT2D eigenvalue weighted by Gasteiger charge is -2.33. The second-order valence-corrected chi connectivity index (χ2v) is 5.18. The number of nitrogens with zero attached hydrogens (tertiary/aromatic N) is 1. The molecule has 5 nitrogen and oxygen atoms in total. The maximum Gasteiger partial charge on any atom is 0.255 e. The Bertz CT molecular complexity index is 436. The Kier molecular flexibility index (Phi) is 3.52. The number of nitrogens with two attached hydrogens (primary N) is 1. The van der Waals surface area contributed by atoms with Gasteiger partial charge in [0.1, 0.15) is 5.82 Å². The van der Waals surface area contributed by atoms with Gasteiger partial charge in [-0.15, -0.1) is 0 Å². The Hall–Kier alpha value is -1.62. The number of anilines is 1. The molecule has 1 aliphatic carbocycles. The van der Waals surface area contributed by atoms with Gasteiger partial charge in [-0.25, -0.2) is 4.98 Å². The van der Waals surface area contributed by atoms with Crippen molar-refractivity contribution in [1.82, 2.24) is 10.3 Å². The van der Waals surface area contributed by atoms with Crippen molar-refractivity contribution < 1.29 is 9.90 Å². The number of amides is 1. The standard InChI is InChI=1S/C13H19N3O2/c1-13(18)6-4-9(5-7-13)16-12(17)10-3-2-8-15-11(10)14/h2-3,8-9,18H,4-7H2,1H3,(H2,14,15)(H,16,17). The molecule has 1 aromatic heterocycles. The van der Waals surface area contributed by atoms with Crippen LogP contribution in [0.25, 0.3) is 0 Å². The average molecular weight is 249 g/mol. The molecule has 0 aliphatic heterocycles. The first-order valence-electron chi connectivity index (χ1n) is 6.22. The van der Waals surface area contributed by atoms with Crippen molar-refractivity contribution >= 4 is 11.7 Å². The van der Waals surface area contributed by atoms with E-state index in [9.17, 15) is 9.90 Å². The number of carbonyl (C=O) groups is 1. The summed E-state index contributed by atoms with van der Waals surface area (Å²) in [4.78, 5) is 15.9. The fraction of sp³-hybridized carbons (Fsp3) is 0.538. The predicted octanol–water partition coefficient (Wildman–Crippen LogP) is 1.09. The topological polar surface area (TPSA) is 88.2 Å². The smallest absolute Gasteiger partial charge is 0.255 e. The van der Waals surface area contributed by atoms with Crippen molar-refractivity contribution in [3.05, 3.63) is 23.9 Å². The lowest BCUT2D eigenvalue weighted by molar-refractivity contribution is 0.0140. The molecule has 0 radical (unpaired) electrons. The number of hydrogen-bond donors (Lipinski definition) is 3. The van der Waals surface area contributed by atoms with Crippen LogP contribution >= 0.6 is 0 Å². The molecule has 1 fully saturated rings. The zero-order valence-corrected chi connectivity index (χ0v) is 10.5. The largest absolute Gasteiger partial charge is 0.390 e. The van der Waals surface area contributed by atoms with E-state index in [4.69, 9.17) is 5.73 Å². The van der Waals surface area contributed by atoms with E-state index in [2.05, 4.69) is 10.3 Å². The summed E-state index contributed by atoms with van der Waals surface area (Å²) in [5.41, 5.74) is 5.48. The van der Waals surface area contributed by atoms with Gasteiger partial charge in [0, 0.05) is 12.2 Å². The Morgan fingerprint density at radius 3 is 2.83 bits per heavy atom. The number of aromatic nitrogens is 1. The van der Waals surface area contributed by atoms with E-state index in [1.54, 1.807) is 18.3 Å². The molecule has 0 saturated heterocycles. The van der Waals surface area contributed by atoms with Crippen molar-refractivity contribution in [2.24, 2.45) is 0 Å². The second-order valence-electron chi connectivity index (χ2n) is 5.18. The van der Waals surface area contributed by atoms with E-state index < -0.39 is 5.60 Å². The van der Waals surface area contributed by atoms with Crippen LogP contribution in [0.2, 0.25) is 0 Å². The summed E-state index contributed by atoms with van der Waals surface area (Å²) in [5.74, 6) is 0.0601. The molecule has 1 aromatic rings. The molecular formula is C13H19N3O2. The van der Waals surface area contributed by atoms with E-state index in [1.807, 2.05) is 6.92 Å². The van der Waals surface area contributed by atoms with Crippen molar-refractivity contribution in [3.63, 3.8) is 0 Å². The minimum Gasteiger partial charge on any atom is -0.390 e. The van der Waals surface area contributed by atoms with Crippen LogP contribution in [0.1, 0.15) is 43.0 Å². The van der Waals surface area contributed by atoms with Crippen LogP contribution in [0.3, 0.4) is 0 Å². The van der Waals surface area contributed by atoms with Gasteiger partial charge in [0.2, 0.25) is 0 Å². The summed E-state index contributed by atoms with van der Waals surface area (Å²) in [6, 6.07) is 3.46. The molecule has 1 heterocycles. The first-order chi connectivity index (χ1) is 8.48. The summed E-state index contributed by atoms with van der Waals surface area (Å²) in [6.45, 7) is 1.84. The lowest BCUT2D eigenvalue weighted by Crippen LogP contribution is -2.42. The Morgan fingerprint density at radius 1 is 1.56 bits per heavy atom. The molecule has 0 atom stereocenters. The van der Waals surface area contributed by atoms with Gasteiger partial charge in [0.25, 0.3) is 5.91 Å². The van der Waals surface area contributed by atoms with Gasteiger partial charge >= 0.3 is 0 Å². The normalized spacial score (nSPS) is 27.8. The predicted molar refractivity (Wildman–Crippen MR) is 69.0 cm³/mol. The van der Waals surface area contributed by atoms with Gasteiger partial charge in [-0.1, -0.05) is 0 Å². The molecule has 98 valence electrons. The van der Waals surface area contributed by atoms with Crippen molar-refractivity contribution in [2.45, 2.75) is 44.2 Å². The van der Waals surface area contributed by atoms with Crippen LogP contribution in [0, 0.1) is 0 Å². The highest BCUT2D eigenvalue weighted by molar-refractivity contribution is 5.98. The highest BCUT2D eigenvalue weighted by Crippen LogP contribution is 2.27. The SMILES string of the molecule is CC1(O)CCC(NC(=O)c2cccnc2N)CC1. The Labute approximate surface area is 106 Å². The number of nitrogen functional groups attached to an aromatic ring is 1. The van der Waals surface area contributed by atoms with Crippen LogP contribution in [-0.2, 0) is 0 Å². The highest BCUT2D eigenvalue weighted by Gasteiger charge is 2.29. The molecule has 5 heteroatoms. The van der Waals surface area contributed by atoms with Gasteiger partial charge in [-0.3, -0.25) is 4.79 Å². The summed E-state index contributed by atoms with van der Waals surface area (Å²) in [5, 5.41) is 12.8. The molecule has 1 aliphatic rings. The van der Waals surface area contributed by atoms with Gasteiger partial charge in [-0.2, -0.15) is 0 Å². The van der Waals surface area contributed by atoms with Crippen molar-refractivity contribution in [2.75, 3.05) is 5.73 Å². The molecule has 4 N–H and O–H groups in total. The Morgan fingerprint density at radius 2 is 2.22 bits per heavy atom. The number of nitrogens with one attached hydrogen (secondary N) is 1. The molecule has 18 heavy (non-hydrogen) atoms. The monoisotopic (exact) mass is 249 g/mol. The molecule has 2 rings (SSSR count). The summed E-state index contributed by atoms with van der Waals surface area (Å²) < 4.78 is 0. The quantitative estimate of drug-likeness (QED) is 0.732. The number of carbonyl (C=O) groups excluding carboxylic acids is 1. The minimum absolute atomic E-state index is 0.109. The molecule has 1 saturated carbocycles. The number of aliphatic hydroxyl groups is 1. The maximum absolute atomic E-state index is 12.0. The van der Waals surface area contributed by atoms with Gasteiger partial charge < -0.3 is 16.2 Å². The molecular weight excluding hydrogens is 230 g/mol. The maximum atomic E-state index is 12.0. The average Bonchev–Trinajstić information content (AvgIpc) is 2.32. The van der Waals surface area contributed by atoms with Gasteiger partial charge in [0.15, 0.2) is 0 Å². The number of pyridine rings is 1. The number of hydrogen-bond acceptors (Lipinski definition) is 4. The fourth-order valence-electron chi connectivity index (χ4n) is 2.26. The van der Waals surface area contributed by atoms with Gasteiger partial charge in [0.05, 0.1) is 11.2 Å². The summed E-state index contributed by atoms with van der Waals surface area (Å²) in [7, 11) is 0. The van der Waals surface area contributed by atoms with Crippen LogP contribution in [0.15, 0.2) is 18.3 Å². The summed E-state index contributed by atoms with van der Waals surface area (Å²) in [6.07, 6.45) is 4.56. The van der Waals surface area contributed by atoms with Gasteiger partial charge in [-0.05, 0) is 44.7 Å². The molecule has 0 aromatic carbocycles. The van der Waals surface area contributed by atoms with E-state index in [0.717, 1.165) is 12.8 Å². The van der Waals surface area contributed by atoms with E-state index in [-0.39, 0.29) is 17.8 Å². The number of rotatable bonds is 2. The van der Waals surface area contributed by atoms with E-state index >= 15 is 0 Å². The van der Waals surface area contributed by atoms with Crippen molar-refractivity contribution in [1.29, 1.82) is 0 Å². The van der Waals surface area contributed by atoms with Crippen LogP contribution in [0.4, 0.5) is 5.82 Å².